The van der Waals surface area contributed by atoms with Crippen molar-refractivity contribution in [3.63, 3.8) is 0 Å². The van der Waals surface area contributed by atoms with Crippen molar-refractivity contribution < 1.29 is 46.6 Å². The number of para-hydroxylation sites is 2. The highest BCUT2D eigenvalue weighted by molar-refractivity contribution is 7.45. The molecule has 1 saturated heterocycles. The fourth-order valence-corrected chi connectivity index (χ4v) is 9.76. The zero-order chi connectivity index (χ0) is 53.7. The molecule has 1 aliphatic heterocycles. The van der Waals surface area contributed by atoms with Crippen molar-refractivity contribution in [1.29, 1.82) is 10.5 Å². The molecule has 24 heteroatoms. The first-order valence-corrected chi connectivity index (χ1v) is 26.3. The summed E-state index contributed by atoms with van der Waals surface area (Å²) in [6.07, 6.45) is 10.5. The number of aryl methyl sites for hydroxylation is 1. The van der Waals surface area contributed by atoms with Gasteiger partial charge in [0.05, 0.1) is 37.2 Å². The number of benzene rings is 2. The van der Waals surface area contributed by atoms with Crippen LogP contribution in [-0.2, 0) is 44.0 Å². The Hall–Kier alpha value is -6.42. The maximum Gasteiger partial charge on any atom is 0.323 e. The van der Waals surface area contributed by atoms with E-state index in [1.807, 2.05) is 91.9 Å². The molecule has 7 atom stereocenters. The number of ether oxygens (including phenoxy) is 4. The highest BCUT2D eigenvalue weighted by atomic mass is 31.2. The summed E-state index contributed by atoms with van der Waals surface area (Å²) < 4.78 is 49.7. The molecule has 8 rings (SSSR count). The van der Waals surface area contributed by atoms with Gasteiger partial charge in [0.1, 0.15) is 59.7 Å². The Balaban J connectivity index is 0.000000285. The molecule has 2 fully saturated rings. The van der Waals surface area contributed by atoms with Crippen LogP contribution in [0.15, 0.2) is 97.6 Å². The van der Waals surface area contributed by atoms with Gasteiger partial charge in [-0.05, 0) is 121 Å². The number of nitriles is 2. The van der Waals surface area contributed by atoms with Gasteiger partial charge in [-0.15, -0.1) is 0 Å². The predicted molar refractivity (Wildman–Crippen MR) is 281 cm³/mol. The Bertz CT molecular complexity index is 2560. The average Bonchev–Trinajstić information content (AvgIpc) is 4.29. The number of aldehydes is 1. The number of esters is 1. The fourth-order valence-electron chi connectivity index (χ4n) is 7.35. The van der Waals surface area contributed by atoms with E-state index in [0.29, 0.717) is 42.8 Å². The summed E-state index contributed by atoms with van der Waals surface area (Å²) in [6, 6.07) is 25.6. The molecule has 1 saturated carbocycles. The zero-order valence-electron chi connectivity index (χ0n) is 42.4. The van der Waals surface area contributed by atoms with Gasteiger partial charge in [0.2, 0.25) is 0 Å². The lowest BCUT2D eigenvalue weighted by Gasteiger charge is -2.24. The monoisotopic (exact) mass is 1060 g/mol. The summed E-state index contributed by atoms with van der Waals surface area (Å²) in [5.74, 6) is 1.93. The van der Waals surface area contributed by atoms with Crippen LogP contribution >= 0.6 is 17.1 Å². The molecule has 5 heterocycles. The Morgan fingerprint density at radius 2 is 1.38 bits per heavy atom. The maximum atomic E-state index is 12.6. The molecule has 1 aliphatic carbocycles. The van der Waals surface area contributed by atoms with Crippen LogP contribution in [0.5, 0.6) is 11.5 Å². The number of fused-ring (bicyclic) bond motifs is 2. The number of nitrogens with one attached hydrogen (secondary N) is 2. The number of rotatable bonds is 23. The third-order valence-corrected chi connectivity index (χ3v) is 14.0. The van der Waals surface area contributed by atoms with Crippen molar-refractivity contribution >= 4 is 52.0 Å². The number of methoxy groups -OCH3 is 2. The average molecular weight is 1060 g/mol. The second-order valence-corrected chi connectivity index (χ2v) is 18.9. The van der Waals surface area contributed by atoms with Crippen LogP contribution in [-0.4, -0.2) is 106 Å². The first-order chi connectivity index (χ1) is 36.1. The number of aromatic nitrogens is 6. The molecule has 6 N–H and O–H groups in total. The topological polar surface area (TPSA) is 292 Å². The highest BCUT2D eigenvalue weighted by Gasteiger charge is 2.32. The van der Waals surface area contributed by atoms with Crippen molar-refractivity contribution in [3.8, 4) is 24.6 Å². The Labute approximate surface area is 434 Å². The van der Waals surface area contributed by atoms with Crippen LogP contribution in [0.3, 0.4) is 0 Å². The number of hydrogen-bond donors (Lipinski definition) is 4. The lowest BCUT2D eigenvalue weighted by atomic mass is 10.1. The van der Waals surface area contributed by atoms with Gasteiger partial charge in [0.25, 0.3) is 0 Å². The van der Waals surface area contributed by atoms with Crippen LogP contribution in [0, 0.1) is 23.7 Å². The molecule has 74 heavy (non-hydrogen) atoms. The molecule has 2 aromatic carbocycles. The van der Waals surface area contributed by atoms with E-state index in [9.17, 15) is 9.59 Å². The quantitative estimate of drug-likeness (QED) is 0.0268. The standard InChI is InChI=1S/C25H32N5O5P.C20H26N5O4P.C3H8O.2CHN/c1-17(25(31)34-18-7-5-6-8-18)29-36(35-19-9-3-2-4-10-19)32-15-20-11-14-23(33-20)21-12-13-22-24(26)27-16-28-30(21)22;1-15(12-26)24-30(29-17-6-4-3-5-7-17)28-13-18(27-2)10-8-16-9-11-19-20(21)22-14-23-25(16)19;1-3-4-2;2*1-2/h2-4,9-10,12-13,16-18,20,23,29H,5-8,11,14-15H2,1H3,(H2,26,27,28);3-7,9,11-12,14-15,18,24H,8,10,13H2,1-2H3,(H2,21,22,23);3H2,1-2H3;2*1H. The minimum absolute atomic E-state index is 0.0125. The third-order valence-electron chi connectivity index (χ3n) is 11.2. The van der Waals surface area contributed by atoms with E-state index >= 15 is 0 Å². The van der Waals surface area contributed by atoms with Crippen LogP contribution < -0.4 is 30.7 Å². The van der Waals surface area contributed by atoms with Gasteiger partial charge in [-0.2, -0.15) is 10.2 Å². The van der Waals surface area contributed by atoms with Crippen LogP contribution in [0.1, 0.15) is 83.2 Å². The molecule has 0 bridgehead atoms. The molecule has 22 nitrogen and oxygen atoms in total. The van der Waals surface area contributed by atoms with Crippen molar-refractivity contribution in [3.05, 3.63) is 109 Å². The van der Waals surface area contributed by atoms with Crippen molar-refractivity contribution in [1.82, 2.24) is 39.4 Å². The molecular weight excluding hydrogens is 991 g/mol. The fraction of sp³-hybridized carbons (Fsp3) is 0.440. The largest absolute Gasteiger partial charge is 0.461 e. The van der Waals surface area contributed by atoms with E-state index in [1.165, 1.54) is 12.7 Å². The van der Waals surface area contributed by atoms with Gasteiger partial charge in [-0.25, -0.2) is 39.7 Å². The van der Waals surface area contributed by atoms with Crippen molar-refractivity contribution in [2.24, 2.45) is 0 Å². The summed E-state index contributed by atoms with van der Waals surface area (Å²) in [6.45, 7) is 13.9. The Morgan fingerprint density at radius 1 is 0.811 bits per heavy atom. The number of nitrogens with zero attached hydrogens (tertiary/aromatic N) is 8. The number of hydrogen-bond acceptors (Lipinski definition) is 20. The SMILES string of the molecule is C#N.C#N.CC(NP(OCC1CCC(c2ccc3c(N)ncnn23)O1)Oc1ccccc1)C(=O)OC1CCCC1.CCOC.COC(CCc1ccc2c(N)ncnn12)COP(NC(C)C=O)Oc1ccccc1. The van der Waals surface area contributed by atoms with Gasteiger partial charge in [0.15, 0.2) is 11.6 Å². The van der Waals surface area contributed by atoms with Crippen LogP contribution in [0.2, 0.25) is 0 Å². The molecule has 0 spiro atoms. The molecule has 0 amide bonds. The second kappa shape index (κ2) is 33.4. The van der Waals surface area contributed by atoms with Crippen molar-refractivity contribution in [2.45, 2.75) is 109 Å². The van der Waals surface area contributed by atoms with Gasteiger partial charge < -0.3 is 53.3 Å². The Kier molecular flexibility index (Phi) is 27.1. The van der Waals surface area contributed by atoms with Gasteiger partial charge >= 0.3 is 23.0 Å². The molecule has 398 valence electrons. The van der Waals surface area contributed by atoms with Crippen LogP contribution in [0.25, 0.3) is 11.0 Å². The number of carbonyl (C=O) groups excluding carboxylic acids is 2. The Morgan fingerprint density at radius 3 is 1.96 bits per heavy atom. The first kappa shape index (κ1) is 60.1. The van der Waals surface area contributed by atoms with Gasteiger partial charge in [-0.3, -0.25) is 4.79 Å². The molecule has 4 aromatic heterocycles. The highest BCUT2D eigenvalue weighted by Crippen LogP contribution is 2.40. The predicted octanol–water partition coefficient (Wildman–Crippen LogP) is 8.01. The molecule has 7 unspecified atom stereocenters. The molecule has 2 aliphatic rings. The van der Waals surface area contributed by atoms with Gasteiger partial charge in [0, 0.05) is 39.7 Å². The summed E-state index contributed by atoms with van der Waals surface area (Å²) in [5, 5.41) is 27.8. The van der Waals surface area contributed by atoms with E-state index in [4.69, 9.17) is 54.3 Å². The number of carbonyl (C=O) groups is 2. The number of anilines is 2. The lowest BCUT2D eigenvalue weighted by Crippen LogP contribution is -2.35. The van der Waals surface area contributed by atoms with E-state index in [1.54, 1.807) is 37.1 Å². The summed E-state index contributed by atoms with van der Waals surface area (Å²) in [7, 11) is 0.205. The normalized spacial score (nSPS) is 17.0. The van der Waals surface area contributed by atoms with E-state index < -0.39 is 29.1 Å². The van der Waals surface area contributed by atoms with Crippen molar-refractivity contribution in [2.75, 3.05) is 45.5 Å². The first-order valence-electron chi connectivity index (χ1n) is 23.9. The van der Waals surface area contributed by atoms with E-state index in [-0.39, 0.29) is 30.4 Å². The van der Waals surface area contributed by atoms with E-state index in [0.717, 1.165) is 80.3 Å². The third kappa shape index (κ3) is 19.1. The maximum absolute atomic E-state index is 12.6. The molecule has 0 radical (unpaired) electrons. The smallest absolute Gasteiger partial charge is 0.323 e. The number of nitrogens with two attached hydrogens (primary N) is 2. The minimum Gasteiger partial charge on any atom is -0.461 e. The second-order valence-electron chi connectivity index (χ2n) is 16.4. The molecule has 6 aromatic rings. The summed E-state index contributed by atoms with van der Waals surface area (Å²) in [5.41, 5.74) is 15.3. The number of nitrogen functional groups attached to an aromatic ring is 2. The minimum atomic E-state index is -1.61. The zero-order valence-corrected chi connectivity index (χ0v) is 44.2. The van der Waals surface area contributed by atoms with Crippen LogP contribution in [0.4, 0.5) is 11.6 Å². The summed E-state index contributed by atoms with van der Waals surface area (Å²) >= 11 is 0. The molecular formula is C50H68N12O10P2. The lowest BCUT2D eigenvalue weighted by molar-refractivity contribution is -0.150. The summed E-state index contributed by atoms with van der Waals surface area (Å²) in [4.78, 5) is 31.7. The van der Waals surface area contributed by atoms with Gasteiger partial charge in [-0.1, -0.05) is 36.4 Å². The van der Waals surface area contributed by atoms with E-state index in [2.05, 4.69) is 48.2 Å².